The lowest BCUT2D eigenvalue weighted by molar-refractivity contribution is -0.223. The first-order chi connectivity index (χ1) is 17.5. The fraction of sp³-hybridized carbons (Fsp3) is 0.435. The highest BCUT2D eigenvalue weighted by atomic mass is 32.2. The molecular weight excluding hydrogens is 521 g/mol. The van der Waals surface area contributed by atoms with E-state index in [0.29, 0.717) is 0 Å². The molecule has 3 unspecified atom stereocenters. The number of nitrogens with two attached hydrogens (primary N) is 1. The monoisotopic (exact) mass is 547 g/mol. The molecule has 1 aliphatic heterocycles. The number of alkyl halides is 3. The van der Waals surface area contributed by atoms with Crippen molar-refractivity contribution in [3.63, 3.8) is 0 Å². The van der Waals surface area contributed by atoms with E-state index in [2.05, 4.69) is 19.7 Å². The molecule has 1 saturated heterocycles. The summed E-state index contributed by atoms with van der Waals surface area (Å²) in [4.78, 5) is 23.1. The number of benzene rings is 1. The zero-order chi connectivity index (χ0) is 27.7. The number of methoxy groups -OCH3 is 1. The number of halogens is 5. The van der Waals surface area contributed by atoms with Crippen molar-refractivity contribution in [1.82, 2.24) is 15.0 Å². The van der Waals surface area contributed by atoms with Gasteiger partial charge in [-0.2, -0.15) is 17.6 Å². The number of fused-ring (bicyclic) bond motifs is 1. The second-order valence-corrected chi connectivity index (χ2v) is 8.54. The van der Waals surface area contributed by atoms with Gasteiger partial charge in [0.2, 0.25) is 5.82 Å². The van der Waals surface area contributed by atoms with E-state index >= 15 is 0 Å². The van der Waals surface area contributed by atoms with Gasteiger partial charge in [-0.15, -0.1) is 0 Å². The number of rotatable bonds is 6. The van der Waals surface area contributed by atoms with Crippen molar-refractivity contribution >= 4 is 34.7 Å². The van der Waals surface area contributed by atoms with Gasteiger partial charge in [-0.3, -0.25) is 4.79 Å². The van der Waals surface area contributed by atoms with E-state index in [9.17, 15) is 26.7 Å². The SMILES string of the molecule is CC.COc1c(C2C(C)C(C(F)(F)F)O[C@H]2c2nc3c(NSC)nc(C(N)=O)cc3[nH]2)ccc(F)c1F. The molecule has 4 atom stereocenters. The molecule has 1 aliphatic rings. The van der Waals surface area contributed by atoms with E-state index in [0.717, 1.165) is 25.1 Å². The Morgan fingerprint density at radius 1 is 1.24 bits per heavy atom. The van der Waals surface area contributed by atoms with Crippen LogP contribution in [-0.4, -0.2) is 46.5 Å². The minimum Gasteiger partial charge on any atom is -0.493 e. The number of pyridine rings is 1. The maximum atomic E-state index is 14.5. The molecule has 1 fully saturated rings. The van der Waals surface area contributed by atoms with Gasteiger partial charge in [-0.05, 0) is 12.1 Å². The predicted octanol–water partition coefficient (Wildman–Crippen LogP) is 5.48. The number of aromatic nitrogens is 3. The summed E-state index contributed by atoms with van der Waals surface area (Å²) in [6.07, 6.45) is -6.61. The van der Waals surface area contributed by atoms with Gasteiger partial charge in [-0.1, -0.05) is 38.8 Å². The van der Waals surface area contributed by atoms with Crippen LogP contribution >= 0.6 is 11.9 Å². The summed E-state index contributed by atoms with van der Waals surface area (Å²) in [6.45, 7) is 5.31. The van der Waals surface area contributed by atoms with Gasteiger partial charge in [0.05, 0.1) is 12.6 Å². The Balaban J connectivity index is 0.00000186. The highest BCUT2D eigenvalue weighted by Crippen LogP contribution is 2.54. The second-order valence-electron chi connectivity index (χ2n) is 7.93. The maximum absolute atomic E-state index is 14.5. The van der Waals surface area contributed by atoms with Crippen LogP contribution in [0.25, 0.3) is 11.0 Å². The molecule has 0 saturated carbocycles. The Kier molecular flexibility index (Phi) is 8.52. The van der Waals surface area contributed by atoms with Crippen molar-refractivity contribution in [2.45, 2.75) is 45.1 Å². The third-order valence-electron chi connectivity index (χ3n) is 5.84. The summed E-state index contributed by atoms with van der Waals surface area (Å²) < 4.78 is 83.1. The molecule has 0 bridgehead atoms. The van der Waals surface area contributed by atoms with Crippen molar-refractivity contribution < 1.29 is 36.2 Å². The number of primary amides is 1. The number of nitrogens with one attached hydrogen (secondary N) is 2. The Morgan fingerprint density at radius 2 is 1.92 bits per heavy atom. The second kappa shape index (κ2) is 11.1. The van der Waals surface area contributed by atoms with Gasteiger partial charge in [0.1, 0.15) is 23.1 Å². The summed E-state index contributed by atoms with van der Waals surface area (Å²) in [5, 5.41) is 0. The van der Waals surface area contributed by atoms with Crippen LogP contribution in [-0.2, 0) is 4.74 Å². The number of anilines is 1. The highest BCUT2D eigenvalue weighted by Gasteiger charge is 2.56. The molecule has 1 amide bonds. The van der Waals surface area contributed by atoms with E-state index in [-0.39, 0.29) is 33.9 Å². The highest BCUT2D eigenvalue weighted by molar-refractivity contribution is 7.99. The van der Waals surface area contributed by atoms with Crippen molar-refractivity contribution in [2.24, 2.45) is 11.7 Å². The van der Waals surface area contributed by atoms with Crippen LogP contribution in [0.5, 0.6) is 5.75 Å². The van der Waals surface area contributed by atoms with Gasteiger partial charge >= 0.3 is 6.18 Å². The number of ether oxygens (including phenoxy) is 2. The third-order valence-corrected chi connectivity index (χ3v) is 6.24. The molecule has 1 aromatic carbocycles. The Hall–Kier alpha value is -3.13. The van der Waals surface area contributed by atoms with E-state index in [1.807, 2.05) is 13.8 Å². The van der Waals surface area contributed by atoms with E-state index < -0.39 is 53.5 Å². The van der Waals surface area contributed by atoms with Crippen LogP contribution in [0, 0.1) is 17.6 Å². The average Bonchev–Trinajstić information content (AvgIpc) is 3.43. The zero-order valence-electron chi connectivity index (χ0n) is 20.5. The van der Waals surface area contributed by atoms with Crippen LogP contribution in [0.1, 0.15) is 54.7 Å². The lowest BCUT2D eigenvalue weighted by Crippen LogP contribution is -2.33. The molecule has 0 radical (unpaired) electrons. The number of hydrogen-bond donors (Lipinski definition) is 3. The number of nitrogens with zero attached hydrogens (tertiary/aromatic N) is 2. The van der Waals surface area contributed by atoms with Crippen LogP contribution in [0.3, 0.4) is 0 Å². The molecule has 4 rings (SSSR count). The molecule has 0 aliphatic carbocycles. The standard InChI is InChI=1S/C21H20F5N5O3S.C2H6/c1-7-12(8-4-5-9(22)13(23)15(8)33-2)16(34-17(7)21(24,25)26)20-28-10-6-11(18(27)32)29-19(31-35-3)14(10)30-20;1-2/h4-7,12,16-17H,1-3H3,(H2,27,32)(H,28,30)(H,29,31);1-2H3/t7?,12?,16-,17?;/m1./s1. The predicted molar refractivity (Wildman–Crippen MR) is 129 cm³/mol. The van der Waals surface area contributed by atoms with E-state index in [1.54, 1.807) is 6.26 Å². The molecule has 0 spiro atoms. The number of hydrogen-bond acceptors (Lipinski definition) is 7. The zero-order valence-corrected chi connectivity index (χ0v) is 21.4. The van der Waals surface area contributed by atoms with Crippen LogP contribution in [0.2, 0.25) is 0 Å². The van der Waals surface area contributed by atoms with Gasteiger partial charge in [0, 0.05) is 23.7 Å². The van der Waals surface area contributed by atoms with Crippen LogP contribution in [0.15, 0.2) is 18.2 Å². The Morgan fingerprint density at radius 3 is 2.49 bits per heavy atom. The summed E-state index contributed by atoms with van der Waals surface area (Å²) in [5.41, 5.74) is 5.73. The first-order valence-corrected chi connectivity index (χ1v) is 12.4. The quantitative estimate of drug-likeness (QED) is 0.276. The van der Waals surface area contributed by atoms with Crippen LogP contribution < -0.4 is 15.2 Å². The Bertz CT molecular complexity index is 1290. The number of aromatic amines is 1. The maximum Gasteiger partial charge on any atom is 0.414 e. The fourth-order valence-electron chi connectivity index (χ4n) is 4.37. The van der Waals surface area contributed by atoms with Gasteiger partial charge in [0.15, 0.2) is 23.5 Å². The molecule has 8 nitrogen and oxygen atoms in total. The molecular formula is C23H26F5N5O3S. The number of amides is 1. The molecule has 202 valence electrons. The molecule has 4 N–H and O–H groups in total. The molecule has 14 heteroatoms. The molecule has 37 heavy (non-hydrogen) atoms. The summed E-state index contributed by atoms with van der Waals surface area (Å²) in [7, 11) is 1.09. The van der Waals surface area contributed by atoms with Crippen molar-refractivity contribution in [3.8, 4) is 5.75 Å². The average molecular weight is 548 g/mol. The molecule has 3 heterocycles. The lowest BCUT2D eigenvalue weighted by atomic mass is 9.81. The minimum absolute atomic E-state index is 0.00508. The first kappa shape index (κ1) is 28.4. The number of carbonyl (C=O) groups is 1. The summed E-state index contributed by atoms with van der Waals surface area (Å²) in [5.74, 6) is -6.06. The fourth-order valence-corrected chi connectivity index (χ4v) is 4.70. The minimum atomic E-state index is -4.74. The topological polar surface area (TPSA) is 115 Å². The largest absolute Gasteiger partial charge is 0.493 e. The van der Waals surface area contributed by atoms with Crippen molar-refractivity contribution in [1.29, 1.82) is 0 Å². The van der Waals surface area contributed by atoms with Crippen LogP contribution in [0.4, 0.5) is 27.8 Å². The number of H-pyrrole nitrogens is 1. The lowest BCUT2D eigenvalue weighted by Gasteiger charge is -2.23. The molecule has 2 aromatic heterocycles. The smallest absolute Gasteiger partial charge is 0.414 e. The summed E-state index contributed by atoms with van der Waals surface area (Å²) >= 11 is 1.15. The number of carbonyl (C=O) groups excluding carboxylic acids is 1. The van der Waals surface area contributed by atoms with E-state index in [4.69, 9.17) is 15.2 Å². The number of imidazole rings is 1. The van der Waals surface area contributed by atoms with Gasteiger partial charge in [0.25, 0.3) is 5.91 Å². The van der Waals surface area contributed by atoms with E-state index in [1.165, 1.54) is 19.1 Å². The third kappa shape index (κ3) is 5.30. The first-order valence-electron chi connectivity index (χ1n) is 11.2. The summed E-state index contributed by atoms with van der Waals surface area (Å²) in [6, 6.07) is 3.30. The normalized spacial score (nSPS) is 21.5. The molecule has 3 aromatic rings. The Labute approximate surface area is 213 Å². The van der Waals surface area contributed by atoms with Gasteiger partial charge < -0.3 is 24.9 Å². The van der Waals surface area contributed by atoms with Crippen molar-refractivity contribution in [3.05, 3.63) is 46.9 Å². The van der Waals surface area contributed by atoms with Gasteiger partial charge in [-0.25, -0.2) is 14.4 Å². The van der Waals surface area contributed by atoms with Crippen molar-refractivity contribution in [2.75, 3.05) is 18.1 Å².